The number of rotatable bonds is 3. The van der Waals surface area contributed by atoms with Gasteiger partial charge in [0.2, 0.25) is 0 Å². The molecule has 2 heterocycles. The lowest BCUT2D eigenvalue weighted by Crippen LogP contribution is -1.98. The molecule has 0 saturated heterocycles. The number of aryl methyl sites for hydroxylation is 1. The highest BCUT2D eigenvalue weighted by Crippen LogP contribution is 2.31. The van der Waals surface area contributed by atoms with Crippen molar-refractivity contribution in [1.29, 1.82) is 0 Å². The summed E-state index contributed by atoms with van der Waals surface area (Å²) in [7, 11) is 0. The maximum Gasteiger partial charge on any atom is 0.334 e. The van der Waals surface area contributed by atoms with Crippen molar-refractivity contribution in [3.63, 3.8) is 0 Å². The molecule has 0 radical (unpaired) electrons. The fourth-order valence-corrected chi connectivity index (χ4v) is 1.47. The Balaban J connectivity index is 2.37. The second kappa shape index (κ2) is 4.97. The van der Waals surface area contributed by atoms with Crippen molar-refractivity contribution in [2.45, 2.75) is 6.92 Å². The van der Waals surface area contributed by atoms with E-state index in [0.29, 0.717) is 16.5 Å². The topological polar surface area (TPSA) is 78.2 Å². The molecular weight excluding hydrogens is 258 g/mol. The van der Waals surface area contributed by atoms with E-state index >= 15 is 0 Å². The third-order valence-electron chi connectivity index (χ3n) is 2.19. The SMILES string of the molecule is Cc1ccnc(Oc2ccc(Cl)nc2)c1[N+](=O)[O-]. The van der Waals surface area contributed by atoms with Gasteiger partial charge in [0.1, 0.15) is 10.9 Å². The molecular formula is C11H8ClN3O3. The molecule has 0 aliphatic rings. The molecule has 0 bridgehead atoms. The summed E-state index contributed by atoms with van der Waals surface area (Å²) < 4.78 is 5.33. The van der Waals surface area contributed by atoms with Crippen LogP contribution in [0.2, 0.25) is 5.15 Å². The Bertz CT molecular complexity index is 587. The Morgan fingerprint density at radius 2 is 2.11 bits per heavy atom. The first-order valence-corrected chi connectivity index (χ1v) is 5.35. The standard InChI is InChI=1S/C11H8ClN3O3/c1-7-4-5-13-11(10(7)15(16)17)18-8-2-3-9(12)14-6-8/h2-6H,1H3. The number of nitro groups is 1. The third kappa shape index (κ3) is 2.54. The molecule has 0 N–H and O–H groups in total. The molecule has 0 atom stereocenters. The van der Waals surface area contributed by atoms with Crippen LogP contribution >= 0.6 is 11.6 Å². The number of hydrogen-bond acceptors (Lipinski definition) is 5. The van der Waals surface area contributed by atoms with Crippen molar-refractivity contribution in [3.05, 3.63) is 51.4 Å². The van der Waals surface area contributed by atoms with E-state index in [1.54, 1.807) is 19.1 Å². The number of nitrogens with zero attached hydrogens (tertiary/aromatic N) is 3. The van der Waals surface area contributed by atoms with Gasteiger partial charge >= 0.3 is 5.69 Å². The fraction of sp³-hybridized carbons (Fsp3) is 0.0909. The van der Waals surface area contributed by atoms with Crippen molar-refractivity contribution in [3.8, 4) is 11.6 Å². The molecule has 2 rings (SSSR count). The van der Waals surface area contributed by atoms with Gasteiger partial charge in [0, 0.05) is 11.8 Å². The van der Waals surface area contributed by atoms with E-state index in [1.807, 2.05) is 0 Å². The minimum Gasteiger partial charge on any atom is -0.432 e. The van der Waals surface area contributed by atoms with Crippen LogP contribution < -0.4 is 4.74 Å². The summed E-state index contributed by atoms with van der Waals surface area (Å²) in [6, 6.07) is 4.63. The lowest BCUT2D eigenvalue weighted by molar-refractivity contribution is -0.386. The van der Waals surface area contributed by atoms with Crippen LogP contribution in [-0.4, -0.2) is 14.9 Å². The lowest BCUT2D eigenvalue weighted by Gasteiger charge is -2.05. The van der Waals surface area contributed by atoms with Gasteiger partial charge in [-0.15, -0.1) is 0 Å². The second-order valence-electron chi connectivity index (χ2n) is 3.46. The Kier molecular flexibility index (Phi) is 3.38. The Morgan fingerprint density at radius 1 is 1.33 bits per heavy atom. The summed E-state index contributed by atoms with van der Waals surface area (Å²) in [5, 5.41) is 11.2. The molecule has 0 saturated carbocycles. The van der Waals surface area contributed by atoms with Crippen LogP contribution in [0.4, 0.5) is 5.69 Å². The average Bonchev–Trinajstić information content (AvgIpc) is 2.32. The van der Waals surface area contributed by atoms with E-state index in [4.69, 9.17) is 16.3 Å². The predicted molar refractivity (Wildman–Crippen MR) is 64.9 cm³/mol. The molecule has 7 heteroatoms. The number of hydrogen-bond donors (Lipinski definition) is 0. The van der Waals surface area contributed by atoms with Gasteiger partial charge in [-0.3, -0.25) is 10.1 Å². The highest BCUT2D eigenvalue weighted by atomic mass is 35.5. The number of ether oxygens (including phenoxy) is 1. The number of aromatic nitrogens is 2. The van der Waals surface area contributed by atoms with Gasteiger partial charge in [-0.2, -0.15) is 0 Å². The zero-order valence-electron chi connectivity index (χ0n) is 9.33. The largest absolute Gasteiger partial charge is 0.432 e. The van der Waals surface area contributed by atoms with Crippen molar-refractivity contribution < 1.29 is 9.66 Å². The molecule has 2 aromatic heterocycles. The molecule has 0 amide bonds. The first-order chi connectivity index (χ1) is 8.58. The van der Waals surface area contributed by atoms with E-state index in [9.17, 15) is 10.1 Å². The zero-order valence-corrected chi connectivity index (χ0v) is 10.1. The van der Waals surface area contributed by atoms with Crippen molar-refractivity contribution >= 4 is 17.3 Å². The smallest absolute Gasteiger partial charge is 0.334 e. The summed E-state index contributed by atoms with van der Waals surface area (Å²) in [4.78, 5) is 18.1. The summed E-state index contributed by atoms with van der Waals surface area (Å²) in [5.74, 6) is 0.268. The molecule has 2 aromatic rings. The van der Waals surface area contributed by atoms with Gasteiger partial charge in [-0.1, -0.05) is 11.6 Å². The number of pyridine rings is 2. The van der Waals surface area contributed by atoms with Gasteiger partial charge in [0.15, 0.2) is 0 Å². The number of halogens is 1. The quantitative estimate of drug-likeness (QED) is 0.484. The molecule has 0 spiro atoms. The van der Waals surface area contributed by atoms with E-state index in [0.717, 1.165) is 0 Å². The second-order valence-corrected chi connectivity index (χ2v) is 3.84. The Labute approximate surface area is 107 Å². The molecule has 18 heavy (non-hydrogen) atoms. The molecule has 0 fully saturated rings. The van der Waals surface area contributed by atoms with E-state index in [-0.39, 0.29) is 11.6 Å². The van der Waals surface area contributed by atoms with Crippen molar-refractivity contribution in [2.75, 3.05) is 0 Å². The minimum absolute atomic E-state index is 0.0656. The molecule has 0 aliphatic carbocycles. The van der Waals surface area contributed by atoms with Gasteiger partial charge in [-0.05, 0) is 25.1 Å². The molecule has 92 valence electrons. The van der Waals surface area contributed by atoms with Crippen LogP contribution in [-0.2, 0) is 0 Å². The maximum absolute atomic E-state index is 10.9. The van der Waals surface area contributed by atoms with Crippen LogP contribution in [0.3, 0.4) is 0 Å². The van der Waals surface area contributed by atoms with E-state index in [1.165, 1.54) is 18.5 Å². The van der Waals surface area contributed by atoms with Gasteiger partial charge in [-0.25, -0.2) is 9.97 Å². The van der Waals surface area contributed by atoms with Crippen molar-refractivity contribution in [2.24, 2.45) is 0 Å². The van der Waals surface area contributed by atoms with Crippen LogP contribution in [0.15, 0.2) is 30.6 Å². The van der Waals surface area contributed by atoms with E-state index < -0.39 is 4.92 Å². The van der Waals surface area contributed by atoms with Gasteiger partial charge < -0.3 is 4.74 Å². The third-order valence-corrected chi connectivity index (χ3v) is 2.41. The minimum atomic E-state index is -0.527. The van der Waals surface area contributed by atoms with Gasteiger partial charge in [0.25, 0.3) is 5.88 Å². The summed E-state index contributed by atoms with van der Waals surface area (Å²) in [5.41, 5.74) is 0.319. The first-order valence-electron chi connectivity index (χ1n) is 4.97. The van der Waals surface area contributed by atoms with Crippen molar-refractivity contribution in [1.82, 2.24) is 9.97 Å². The van der Waals surface area contributed by atoms with Gasteiger partial charge in [0.05, 0.1) is 11.1 Å². The summed E-state index contributed by atoms with van der Waals surface area (Å²) in [6.07, 6.45) is 2.82. The normalized spacial score (nSPS) is 10.1. The van der Waals surface area contributed by atoms with Crippen LogP contribution in [0, 0.1) is 17.0 Å². The summed E-state index contributed by atoms with van der Waals surface area (Å²) in [6.45, 7) is 1.62. The zero-order chi connectivity index (χ0) is 13.1. The monoisotopic (exact) mass is 265 g/mol. The highest BCUT2D eigenvalue weighted by molar-refractivity contribution is 6.29. The molecule has 0 aliphatic heterocycles. The fourth-order valence-electron chi connectivity index (χ4n) is 1.36. The van der Waals surface area contributed by atoms with E-state index in [2.05, 4.69) is 9.97 Å². The average molecular weight is 266 g/mol. The summed E-state index contributed by atoms with van der Waals surface area (Å²) >= 11 is 5.63. The van der Waals surface area contributed by atoms with Crippen LogP contribution in [0.25, 0.3) is 0 Å². The van der Waals surface area contributed by atoms with Crippen LogP contribution in [0.1, 0.15) is 5.56 Å². The lowest BCUT2D eigenvalue weighted by atomic mass is 10.2. The molecule has 6 nitrogen and oxygen atoms in total. The van der Waals surface area contributed by atoms with Crippen LogP contribution in [0.5, 0.6) is 11.6 Å². The molecule has 0 unspecified atom stereocenters. The highest BCUT2D eigenvalue weighted by Gasteiger charge is 2.20. The predicted octanol–water partition coefficient (Wildman–Crippen LogP) is 3.14. The maximum atomic E-state index is 10.9. The molecule has 0 aromatic carbocycles. The first kappa shape index (κ1) is 12.3. The Hall–Kier alpha value is -2.21. The Morgan fingerprint density at radius 3 is 2.72 bits per heavy atom.